The van der Waals surface area contributed by atoms with Crippen molar-refractivity contribution in [1.82, 2.24) is 10.2 Å². The van der Waals surface area contributed by atoms with Crippen LogP contribution in [-0.4, -0.2) is 53.2 Å². The molecule has 0 bridgehead atoms. The molecule has 6 nitrogen and oxygen atoms in total. The number of nitrogens with one attached hydrogen (secondary N) is 2. The van der Waals surface area contributed by atoms with Crippen LogP contribution in [0, 0.1) is 11.3 Å². The molecule has 1 aromatic rings. The first-order valence-corrected chi connectivity index (χ1v) is 10.3. The number of hydrogen-bond donors (Lipinski definition) is 3. The lowest BCUT2D eigenvalue weighted by atomic mass is 9.65. The van der Waals surface area contributed by atoms with Crippen LogP contribution in [0.2, 0.25) is 0 Å². The Balaban J connectivity index is 1.20. The van der Waals surface area contributed by atoms with Crippen molar-refractivity contribution >= 4 is 17.5 Å². The molecule has 1 heterocycles. The first-order chi connectivity index (χ1) is 14.1. The normalized spacial score (nSPS) is 22.9. The van der Waals surface area contributed by atoms with Crippen molar-refractivity contribution < 1.29 is 27.9 Å². The predicted octanol–water partition coefficient (Wildman–Crippen LogP) is 3.03. The molecule has 1 spiro atoms. The van der Waals surface area contributed by atoms with Gasteiger partial charge in [-0.3, -0.25) is 14.5 Å². The fraction of sp³-hybridized carbons (Fsp3) is 0.619. The highest BCUT2D eigenvalue weighted by atomic mass is 19.4. The predicted molar refractivity (Wildman–Crippen MR) is 104 cm³/mol. The molecule has 3 aliphatic rings. The number of amides is 2. The summed E-state index contributed by atoms with van der Waals surface area (Å²) in [6, 6.07) is 6.43. The molecular weight excluding hydrogens is 399 g/mol. The lowest BCUT2D eigenvalue weighted by Gasteiger charge is -2.53. The van der Waals surface area contributed by atoms with Crippen molar-refractivity contribution in [3.8, 4) is 5.75 Å². The third-order valence-corrected chi connectivity index (χ3v) is 6.69. The Kier molecular flexibility index (Phi) is 5.20. The van der Waals surface area contributed by atoms with Gasteiger partial charge < -0.3 is 15.7 Å². The van der Waals surface area contributed by atoms with Crippen LogP contribution < -0.4 is 10.6 Å². The molecule has 4 rings (SSSR count). The molecule has 2 amide bonds. The van der Waals surface area contributed by atoms with Gasteiger partial charge in [-0.05, 0) is 56.1 Å². The van der Waals surface area contributed by atoms with Crippen LogP contribution in [0.3, 0.4) is 0 Å². The summed E-state index contributed by atoms with van der Waals surface area (Å²) in [5.74, 6) is -0.639. The van der Waals surface area contributed by atoms with Gasteiger partial charge in [0.2, 0.25) is 11.8 Å². The fourth-order valence-electron chi connectivity index (χ4n) is 4.76. The Bertz CT molecular complexity index is 822. The zero-order valence-corrected chi connectivity index (χ0v) is 16.6. The third-order valence-electron chi connectivity index (χ3n) is 6.69. The number of hydrogen-bond acceptors (Lipinski definition) is 4. The minimum atomic E-state index is -4.39. The van der Waals surface area contributed by atoms with Crippen LogP contribution in [-0.2, 0) is 9.59 Å². The maximum atomic E-state index is 13.0. The number of rotatable bonds is 5. The summed E-state index contributed by atoms with van der Waals surface area (Å²) in [6.45, 7) is 1.35. The van der Waals surface area contributed by atoms with E-state index in [2.05, 4.69) is 10.6 Å². The first kappa shape index (κ1) is 21.0. The van der Waals surface area contributed by atoms with Crippen LogP contribution in [0.15, 0.2) is 24.3 Å². The Labute approximate surface area is 172 Å². The SMILES string of the molecule is O=C(CN1CC2(CCC(C(=O)Nc3cccc(O)c3)CC2)C1)NC1(C(F)(F)F)CC1. The second-order valence-corrected chi connectivity index (χ2v) is 9.09. The summed E-state index contributed by atoms with van der Waals surface area (Å²) in [7, 11) is 0. The van der Waals surface area contributed by atoms with E-state index in [-0.39, 0.29) is 42.4 Å². The summed E-state index contributed by atoms with van der Waals surface area (Å²) in [5.41, 5.74) is -1.38. The summed E-state index contributed by atoms with van der Waals surface area (Å²) in [6.07, 6.45) is -1.29. The Morgan fingerprint density at radius 3 is 2.37 bits per heavy atom. The lowest BCUT2D eigenvalue weighted by Crippen LogP contribution is -2.61. The number of nitrogens with zero attached hydrogens (tertiary/aromatic N) is 1. The van der Waals surface area contributed by atoms with Crippen LogP contribution >= 0.6 is 0 Å². The van der Waals surface area contributed by atoms with Gasteiger partial charge in [-0.25, -0.2) is 0 Å². The quantitative estimate of drug-likeness (QED) is 0.678. The maximum absolute atomic E-state index is 13.0. The Morgan fingerprint density at radius 2 is 1.80 bits per heavy atom. The molecule has 0 radical (unpaired) electrons. The molecule has 30 heavy (non-hydrogen) atoms. The molecule has 0 unspecified atom stereocenters. The molecule has 164 valence electrons. The second-order valence-electron chi connectivity index (χ2n) is 9.09. The highest BCUT2D eigenvalue weighted by Gasteiger charge is 2.64. The summed E-state index contributed by atoms with van der Waals surface area (Å²) >= 11 is 0. The molecule has 2 aliphatic carbocycles. The van der Waals surface area contributed by atoms with E-state index < -0.39 is 17.6 Å². The van der Waals surface area contributed by atoms with E-state index in [0.717, 1.165) is 25.7 Å². The van der Waals surface area contributed by atoms with Crippen molar-refractivity contribution in [1.29, 1.82) is 0 Å². The number of anilines is 1. The largest absolute Gasteiger partial charge is 0.508 e. The molecule has 0 aromatic heterocycles. The first-order valence-electron chi connectivity index (χ1n) is 10.3. The Hall–Kier alpha value is -2.29. The molecule has 3 fully saturated rings. The van der Waals surface area contributed by atoms with Gasteiger partial charge in [-0.1, -0.05) is 6.07 Å². The van der Waals surface area contributed by atoms with Gasteiger partial charge in [-0.15, -0.1) is 0 Å². The van der Waals surface area contributed by atoms with Gasteiger partial charge in [0.15, 0.2) is 0 Å². The number of alkyl halides is 3. The lowest BCUT2D eigenvalue weighted by molar-refractivity contribution is -0.171. The number of aromatic hydroxyl groups is 1. The molecular formula is C21H26F3N3O3. The number of phenols is 1. The highest BCUT2D eigenvalue weighted by Crippen LogP contribution is 2.49. The van der Waals surface area contributed by atoms with Crippen LogP contribution in [0.4, 0.5) is 18.9 Å². The number of carbonyl (C=O) groups excluding carboxylic acids is 2. The zero-order chi connectivity index (χ0) is 21.6. The van der Waals surface area contributed by atoms with E-state index in [1.807, 2.05) is 4.90 Å². The average molecular weight is 425 g/mol. The number of carbonyl (C=O) groups is 2. The number of benzene rings is 1. The summed E-state index contributed by atoms with van der Waals surface area (Å²) < 4.78 is 38.9. The highest BCUT2D eigenvalue weighted by molar-refractivity contribution is 5.92. The van der Waals surface area contributed by atoms with Gasteiger partial charge in [0.05, 0.1) is 6.54 Å². The fourth-order valence-corrected chi connectivity index (χ4v) is 4.76. The van der Waals surface area contributed by atoms with Gasteiger partial charge in [0, 0.05) is 30.8 Å². The van der Waals surface area contributed by atoms with Gasteiger partial charge in [0.1, 0.15) is 11.3 Å². The summed E-state index contributed by atoms with van der Waals surface area (Å²) in [4.78, 5) is 26.4. The molecule has 1 aliphatic heterocycles. The monoisotopic (exact) mass is 425 g/mol. The van der Waals surface area contributed by atoms with Crippen LogP contribution in [0.5, 0.6) is 5.75 Å². The van der Waals surface area contributed by atoms with Crippen molar-refractivity contribution in [3.63, 3.8) is 0 Å². The van der Waals surface area contributed by atoms with E-state index in [1.54, 1.807) is 12.1 Å². The van der Waals surface area contributed by atoms with Gasteiger partial charge in [-0.2, -0.15) is 13.2 Å². The molecule has 1 aromatic carbocycles. The molecule has 2 saturated carbocycles. The number of likely N-dealkylation sites (tertiary alicyclic amines) is 1. The van der Waals surface area contributed by atoms with Crippen molar-refractivity contribution in [2.75, 3.05) is 25.0 Å². The smallest absolute Gasteiger partial charge is 0.411 e. The maximum Gasteiger partial charge on any atom is 0.411 e. The standard InChI is InChI=1S/C21H26F3N3O3/c22-21(23,24)20(8-9-20)26-17(29)11-27-12-19(13-27)6-4-14(5-7-19)18(30)25-15-2-1-3-16(28)10-15/h1-3,10,14,28H,4-9,11-13H2,(H,25,30)(H,26,29). The van der Waals surface area contributed by atoms with E-state index in [1.165, 1.54) is 12.1 Å². The second kappa shape index (κ2) is 7.44. The molecule has 1 saturated heterocycles. The van der Waals surface area contributed by atoms with Gasteiger partial charge >= 0.3 is 6.18 Å². The number of halogens is 3. The topological polar surface area (TPSA) is 81.7 Å². The van der Waals surface area contributed by atoms with Gasteiger partial charge in [0.25, 0.3) is 0 Å². The van der Waals surface area contributed by atoms with Crippen molar-refractivity contribution in [3.05, 3.63) is 24.3 Å². The van der Waals surface area contributed by atoms with Crippen molar-refractivity contribution in [2.24, 2.45) is 11.3 Å². The molecule has 9 heteroatoms. The Morgan fingerprint density at radius 1 is 1.13 bits per heavy atom. The van der Waals surface area contributed by atoms with Crippen LogP contribution in [0.1, 0.15) is 38.5 Å². The summed E-state index contributed by atoms with van der Waals surface area (Å²) in [5, 5.41) is 14.5. The van der Waals surface area contributed by atoms with Crippen LogP contribution in [0.25, 0.3) is 0 Å². The average Bonchev–Trinajstić information content (AvgIpc) is 3.41. The minimum Gasteiger partial charge on any atom is -0.508 e. The van der Waals surface area contributed by atoms with E-state index in [4.69, 9.17) is 0 Å². The van der Waals surface area contributed by atoms with E-state index in [0.29, 0.717) is 18.8 Å². The molecule has 3 N–H and O–H groups in total. The van der Waals surface area contributed by atoms with E-state index in [9.17, 15) is 27.9 Å². The molecule has 0 atom stereocenters. The van der Waals surface area contributed by atoms with Crippen molar-refractivity contribution in [2.45, 2.75) is 50.2 Å². The third kappa shape index (κ3) is 4.26. The number of phenolic OH excluding ortho intramolecular Hbond substituents is 1. The van der Waals surface area contributed by atoms with E-state index >= 15 is 0 Å². The zero-order valence-electron chi connectivity index (χ0n) is 16.6. The minimum absolute atomic E-state index is 0.0129.